The number of pyridine rings is 2. The lowest BCUT2D eigenvalue weighted by molar-refractivity contribution is 0.671. The monoisotopic (exact) mass is 755 g/mol. The second kappa shape index (κ2) is 14.4. The van der Waals surface area contributed by atoms with Gasteiger partial charge in [-0.3, -0.25) is 9.97 Å². The third-order valence-electron chi connectivity index (χ3n) is 10.9. The number of benzene rings is 7. The molecule has 0 unspecified atom stereocenters. The smallest absolute Gasteiger partial charge is 0.164 e. The largest absolute Gasteiger partial charge is 0.455 e. The van der Waals surface area contributed by atoms with Gasteiger partial charge in [-0.2, -0.15) is 0 Å². The average molecular weight is 756 g/mol. The molecule has 6 nitrogen and oxygen atoms in total. The van der Waals surface area contributed by atoms with Crippen molar-refractivity contribution in [2.45, 2.75) is 0 Å². The first kappa shape index (κ1) is 34.2. The molecule has 59 heavy (non-hydrogen) atoms. The Labute approximate surface area is 340 Å². The molecule has 0 fully saturated rings. The van der Waals surface area contributed by atoms with E-state index in [2.05, 4.69) is 113 Å². The lowest BCUT2D eigenvalue weighted by Gasteiger charge is -2.11. The van der Waals surface area contributed by atoms with Crippen molar-refractivity contribution in [1.82, 2.24) is 24.9 Å². The molecule has 0 aliphatic carbocycles. The molecule has 4 aromatic heterocycles. The number of fused-ring (bicyclic) bond motifs is 4. The van der Waals surface area contributed by atoms with Gasteiger partial charge in [-0.25, -0.2) is 15.0 Å². The molecular weight excluding hydrogens is 723 g/mol. The number of aromatic nitrogens is 5. The summed E-state index contributed by atoms with van der Waals surface area (Å²) in [6, 6.07) is 60.7. The zero-order valence-corrected chi connectivity index (χ0v) is 31.7. The predicted molar refractivity (Wildman–Crippen MR) is 238 cm³/mol. The predicted octanol–water partition coefficient (Wildman–Crippen LogP) is 13.4. The molecule has 4 heterocycles. The summed E-state index contributed by atoms with van der Waals surface area (Å²) in [7, 11) is 0. The Morgan fingerprint density at radius 3 is 1.29 bits per heavy atom. The minimum Gasteiger partial charge on any atom is -0.455 e. The Bertz CT molecular complexity index is 3200. The van der Waals surface area contributed by atoms with E-state index in [-0.39, 0.29) is 0 Å². The zero-order chi connectivity index (χ0) is 39.1. The van der Waals surface area contributed by atoms with Crippen molar-refractivity contribution in [3.63, 3.8) is 0 Å². The van der Waals surface area contributed by atoms with Crippen molar-refractivity contribution in [1.29, 1.82) is 0 Å². The highest BCUT2D eigenvalue weighted by Gasteiger charge is 2.18. The SMILES string of the molecule is c1ccc(-c2nc(-c3ccccc3)nc(-c3ccc4cc(-c5cccc6c5oc5c(-c7cc(-c8cccnc8)cc(-c8cccnc8)c7)cccc56)ccc4c3)n2)cc1. The summed E-state index contributed by atoms with van der Waals surface area (Å²) >= 11 is 0. The van der Waals surface area contributed by atoms with E-state index in [1.54, 1.807) is 12.4 Å². The van der Waals surface area contributed by atoms with Gasteiger partial charge in [0.2, 0.25) is 0 Å². The quantitative estimate of drug-likeness (QED) is 0.161. The van der Waals surface area contributed by atoms with Gasteiger partial charge in [-0.1, -0.05) is 133 Å². The van der Waals surface area contributed by atoms with Crippen molar-refractivity contribution >= 4 is 32.7 Å². The summed E-state index contributed by atoms with van der Waals surface area (Å²) in [5, 5.41) is 4.34. The third kappa shape index (κ3) is 6.39. The van der Waals surface area contributed by atoms with Crippen LogP contribution >= 0.6 is 0 Å². The first-order valence-electron chi connectivity index (χ1n) is 19.5. The van der Waals surface area contributed by atoms with Crippen LogP contribution in [0, 0.1) is 0 Å². The topological polar surface area (TPSA) is 77.6 Å². The van der Waals surface area contributed by atoms with E-state index in [1.807, 2.05) is 85.2 Å². The van der Waals surface area contributed by atoms with E-state index in [0.717, 1.165) is 93.9 Å². The van der Waals surface area contributed by atoms with Crippen LogP contribution in [0.2, 0.25) is 0 Å². The highest BCUT2D eigenvalue weighted by molar-refractivity contribution is 6.13. The number of nitrogens with zero attached hydrogens (tertiary/aromatic N) is 5. The van der Waals surface area contributed by atoms with E-state index in [9.17, 15) is 0 Å². The third-order valence-corrected chi connectivity index (χ3v) is 10.9. The van der Waals surface area contributed by atoms with Gasteiger partial charge in [0, 0.05) is 74.5 Å². The maximum absolute atomic E-state index is 6.95. The van der Waals surface area contributed by atoms with E-state index in [1.165, 1.54) is 0 Å². The first-order chi connectivity index (χ1) is 29.2. The zero-order valence-electron chi connectivity index (χ0n) is 31.7. The summed E-state index contributed by atoms with van der Waals surface area (Å²) < 4.78 is 6.95. The standard InChI is InChI=1S/C53H33N5O/c1-3-11-34(12-4-1)51-56-52(35-13-5-2-6-14-35)58-53(57-51)39-24-22-36-27-38(23-21-37(36)28-39)45-17-7-19-47-48-20-8-18-46(50(48)59-49(45)47)44-30-42(40-15-9-25-54-32-40)29-43(31-44)41-16-10-26-55-33-41/h1-33H. The fraction of sp³-hybridized carbons (Fsp3) is 0. The van der Waals surface area contributed by atoms with E-state index >= 15 is 0 Å². The molecule has 0 atom stereocenters. The van der Waals surface area contributed by atoms with Crippen LogP contribution in [0.3, 0.4) is 0 Å². The number of para-hydroxylation sites is 2. The lowest BCUT2D eigenvalue weighted by Crippen LogP contribution is -2.00. The Morgan fingerprint density at radius 1 is 0.305 bits per heavy atom. The summed E-state index contributed by atoms with van der Waals surface area (Å²) in [6.45, 7) is 0. The summed E-state index contributed by atoms with van der Waals surface area (Å²) in [6.07, 6.45) is 7.41. The van der Waals surface area contributed by atoms with Gasteiger partial charge in [0.05, 0.1) is 0 Å². The molecule has 0 spiro atoms. The lowest BCUT2D eigenvalue weighted by atomic mass is 9.93. The number of hydrogen-bond acceptors (Lipinski definition) is 6. The van der Waals surface area contributed by atoms with Crippen molar-refractivity contribution in [3.05, 3.63) is 201 Å². The highest BCUT2D eigenvalue weighted by atomic mass is 16.3. The molecule has 6 heteroatoms. The van der Waals surface area contributed by atoms with Crippen molar-refractivity contribution in [3.8, 4) is 78.7 Å². The van der Waals surface area contributed by atoms with Crippen LogP contribution in [-0.2, 0) is 0 Å². The molecule has 0 bridgehead atoms. The van der Waals surface area contributed by atoms with Crippen molar-refractivity contribution in [2.24, 2.45) is 0 Å². The average Bonchev–Trinajstić information content (AvgIpc) is 3.71. The molecule has 276 valence electrons. The van der Waals surface area contributed by atoms with E-state index in [4.69, 9.17) is 19.4 Å². The molecule has 0 saturated carbocycles. The Morgan fingerprint density at radius 2 is 0.763 bits per heavy atom. The molecule has 0 aliphatic rings. The number of rotatable bonds is 7. The minimum atomic E-state index is 0.630. The molecule has 0 N–H and O–H groups in total. The highest BCUT2D eigenvalue weighted by Crippen LogP contribution is 2.42. The normalized spacial score (nSPS) is 11.4. The maximum atomic E-state index is 6.95. The molecule has 0 aliphatic heterocycles. The summed E-state index contributed by atoms with van der Waals surface area (Å²) in [5.74, 6) is 1.91. The second-order valence-corrected chi connectivity index (χ2v) is 14.6. The van der Waals surface area contributed by atoms with Gasteiger partial charge in [0.25, 0.3) is 0 Å². The van der Waals surface area contributed by atoms with Crippen LogP contribution < -0.4 is 0 Å². The first-order valence-corrected chi connectivity index (χ1v) is 19.5. The molecule has 11 rings (SSSR count). The van der Waals surface area contributed by atoms with E-state index < -0.39 is 0 Å². The minimum absolute atomic E-state index is 0.630. The number of hydrogen-bond donors (Lipinski definition) is 0. The van der Waals surface area contributed by atoms with Crippen LogP contribution in [0.15, 0.2) is 205 Å². The molecule has 0 saturated heterocycles. The molecule has 11 aromatic rings. The van der Waals surface area contributed by atoms with Gasteiger partial charge in [-0.05, 0) is 75.5 Å². The van der Waals surface area contributed by atoms with Gasteiger partial charge in [-0.15, -0.1) is 0 Å². The summed E-state index contributed by atoms with van der Waals surface area (Å²) in [5.41, 5.74) is 13.0. The Kier molecular flexibility index (Phi) is 8.37. The van der Waals surface area contributed by atoms with Crippen LogP contribution in [0.4, 0.5) is 0 Å². The van der Waals surface area contributed by atoms with Gasteiger partial charge >= 0.3 is 0 Å². The van der Waals surface area contributed by atoms with Gasteiger partial charge in [0.15, 0.2) is 17.5 Å². The molecule has 0 radical (unpaired) electrons. The molecular formula is C53H33N5O. The summed E-state index contributed by atoms with van der Waals surface area (Å²) in [4.78, 5) is 23.6. The van der Waals surface area contributed by atoms with Crippen molar-refractivity contribution < 1.29 is 4.42 Å². The Balaban J connectivity index is 1.00. The molecule has 0 amide bonds. The number of furan rings is 1. The van der Waals surface area contributed by atoms with E-state index in [0.29, 0.717) is 17.5 Å². The Hall–Kier alpha value is -8.09. The van der Waals surface area contributed by atoms with Gasteiger partial charge < -0.3 is 4.42 Å². The molecule has 7 aromatic carbocycles. The van der Waals surface area contributed by atoms with Crippen molar-refractivity contribution in [2.75, 3.05) is 0 Å². The van der Waals surface area contributed by atoms with Crippen LogP contribution in [-0.4, -0.2) is 24.9 Å². The second-order valence-electron chi connectivity index (χ2n) is 14.6. The van der Waals surface area contributed by atoms with Crippen LogP contribution in [0.5, 0.6) is 0 Å². The fourth-order valence-electron chi connectivity index (χ4n) is 7.95. The van der Waals surface area contributed by atoms with Crippen LogP contribution in [0.1, 0.15) is 0 Å². The maximum Gasteiger partial charge on any atom is 0.164 e. The van der Waals surface area contributed by atoms with Gasteiger partial charge in [0.1, 0.15) is 11.2 Å². The fourth-order valence-corrected chi connectivity index (χ4v) is 7.95. The van der Waals surface area contributed by atoms with Crippen LogP contribution in [0.25, 0.3) is 111 Å².